The van der Waals surface area contributed by atoms with Crippen LogP contribution in [0.3, 0.4) is 0 Å². The van der Waals surface area contributed by atoms with Crippen LogP contribution in [0.25, 0.3) is 10.9 Å². The van der Waals surface area contributed by atoms with E-state index in [1.165, 1.54) is 18.2 Å². The highest BCUT2D eigenvalue weighted by atomic mass is 32.2. The lowest BCUT2D eigenvalue weighted by molar-refractivity contribution is -0.134. The number of ether oxygens (including phenoxy) is 1. The summed E-state index contributed by atoms with van der Waals surface area (Å²) in [6.45, 7) is 5.26. The Morgan fingerprint density at radius 2 is 1.94 bits per heavy atom. The molecule has 1 aliphatic heterocycles. The van der Waals surface area contributed by atoms with E-state index < -0.39 is 0 Å². The summed E-state index contributed by atoms with van der Waals surface area (Å²) in [6.07, 6.45) is 4.27. The topological polar surface area (TPSA) is 64.4 Å². The predicted octanol–water partition coefficient (Wildman–Crippen LogP) is 4.73. The van der Waals surface area contributed by atoms with Gasteiger partial charge >= 0.3 is 0 Å². The Balaban J connectivity index is 1.67. The number of hydrogen-bond acceptors (Lipinski definition) is 5. The molecule has 0 spiro atoms. The van der Waals surface area contributed by atoms with Crippen molar-refractivity contribution in [2.75, 3.05) is 13.7 Å². The first-order valence-corrected chi connectivity index (χ1v) is 12.5. The number of thioether (sulfide) groups is 1. The second-order valence-electron chi connectivity index (χ2n) is 8.50. The molecule has 1 amide bonds. The molecule has 2 unspecified atom stereocenters. The maximum atomic E-state index is 13.4. The number of piperidine rings is 1. The molecular formula is C26H31N3O3S. The van der Waals surface area contributed by atoms with E-state index in [1.807, 2.05) is 54.3 Å². The number of carbonyl (C=O) groups is 1. The molecule has 1 aromatic heterocycles. The van der Waals surface area contributed by atoms with Crippen molar-refractivity contribution in [3.8, 4) is 5.75 Å². The molecule has 0 saturated carbocycles. The van der Waals surface area contributed by atoms with Crippen LogP contribution in [0, 0.1) is 0 Å². The molecule has 2 heterocycles. The smallest absolute Gasteiger partial charge is 0.262 e. The first-order chi connectivity index (χ1) is 16.0. The highest BCUT2D eigenvalue weighted by Gasteiger charge is 2.30. The van der Waals surface area contributed by atoms with Crippen LogP contribution in [0.5, 0.6) is 5.75 Å². The third kappa shape index (κ3) is 5.08. The molecule has 174 valence electrons. The molecule has 33 heavy (non-hydrogen) atoms. The van der Waals surface area contributed by atoms with Gasteiger partial charge in [0.2, 0.25) is 5.91 Å². The Kier molecular flexibility index (Phi) is 7.38. The molecule has 3 aromatic rings. The van der Waals surface area contributed by atoms with Gasteiger partial charge in [-0.25, -0.2) is 4.98 Å². The van der Waals surface area contributed by atoms with Crippen molar-refractivity contribution in [1.82, 2.24) is 14.5 Å². The number of para-hydroxylation sites is 1. The fourth-order valence-electron chi connectivity index (χ4n) is 4.45. The first-order valence-electron chi connectivity index (χ1n) is 11.6. The summed E-state index contributed by atoms with van der Waals surface area (Å²) in [4.78, 5) is 33.6. The van der Waals surface area contributed by atoms with Crippen LogP contribution in [0.4, 0.5) is 0 Å². The summed E-state index contributed by atoms with van der Waals surface area (Å²) < 4.78 is 6.94. The van der Waals surface area contributed by atoms with Crippen LogP contribution in [0.1, 0.15) is 45.1 Å². The fraction of sp³-hybridized carbons (Fsp3) is 0.423. The minimum atomic E-state index is -0.327. The van der Waals surface area contributed by atoms with E-state index >= 15 is 0 Å². The average Bonchev–Trinajstić information content (AvgIpc) is 2.86. The van der Waals surface area contributed by atoms with Crippen LogP contribution < -0.4 is 10.3 Å². The van der Waals surface area contributed by atoms with Crippen LogP contribution in [0.2, 0.25) is 0 Å². The van der Waals surface area contributed by atoms with E-state index in [-0.39, 0.29) is 16.7 Å². The van der Waals surface area contributed by atoms with Gasteiger partial charge in [-0.05, 0) is 62.4 Å². The maximum absolute atomic E-state index is 13.4. The summed E-state index contributed by atoms with van der Waals surface area (Å²) in [5, 5.41) is 0.823. The minimum Gasteiger partial charge on any atom is -0.497 e. The van der Waals surface area contributed by atoms with Gasteiger partial charge in [0.05, 0.1) is 29.8 Å². The Morgan fingerprint density at radius 3 is 2.67 bits per heavy atom. The predicted molar refractivity (Wildman–Crippen MR) is 133 cm³/mol. The standard InChI is InChI=1S/C26H31N3O3S/c1-4-20-9-7-8-16-28(20)24(30)18(2)33-26-27-23-11-6-5-10-22(23)25(31)29(26)17-19-12-14-21(32-3)15-13-19/h5-6,10-15,18,20H,4,7-9,16-17H2,1-3H3. The number of amides is 1. The lowest BCUT2D eigenvalue weighted by Crippen LogP contribution is -2.46. The second-order valence-corrected chi connectivity index (χ2v) is 9.81. The van der Waals surface area contributed by atoms with E-state index in [2.05, 4.69) is 6.92 Å². The van der Waals surface area contributed by atoms with E-state index in [9.17, 15) is 9.59 Å². The summed E-state index contributed by atoms with van der Waals surface area (Å²) in [5.41, 5.74) is 1.53. The summed E-state index contributed by atoms with van der Waals surface area (Å²) >= 11 is 1.38. The molecular weight excluding hydrogens is 434 g/mol. The number of nitrogens with zero attached hydrogens (tertiary/aromatic N) is 3. The van der Waals surface area contributed by atoms with E-state index in [4.69, 9.17) is 9.72 Å². The van der Waals surface area contributed by atoms with Crippen molar-refractivity contribution in [2.24, 2.45) is 0 Å². The Labute approximate surface area is 199 Å². The number of likely N-dealkylation sites (tertiary alicyclic amines) is 1. The average molecular weight is 466 g/mol. The van der Waals surface area contributed by atoms with Gasteiger partial charge in [0.15, 0.2) is 5.16 Å². The van der Waals surface area contributed by atoms with Crippen molar-refractivity contribution in [3.05, 3.63) is 64.4 Å². The number of rotatable bonds is 7. The van der Waals surface area contributed by atoms with E-state index in [0.29, 0.717) is 28.6 Å². The second kappa shape index (κ2) is 10.4. The monoisotopic (exact) mass is 465 g/mol. The zero-order valence-corrected chi connectivity index (χ0v) is 20.3. The van der Waals surface area contributed by atoms with Crippen molar-refractivity contribution < 1.29 is 9.53 Å². The van der Waals surface area contributed by atoms with Gasteiger partial charge in [-0.1, -0.05) is 43.0 Å². The highest BCUT2D eigenvalue weighted by molar-refractivity contribution is 8.00. The number of hydrogen-bond donors (Lipinski definition) is 0. The third-order valence-electron chi connectivity index (χ3n) is 6.34. The molecule has 1 fully saturated rings. The molecule has 7 heteroatoms. The zero-order chi connectivity index (χ0) is 23.4. The first kappa shape index (κ1) is 23.4. The quantitative estimate of drug-likeness (QED) is 0.373. The largest absolute Gasteiger partial charge is 0.497 e. The number of fused-ring (bicyclic) bond motifs is 1. The number of benzene rings is 2. The Hall–Kier alpha value is -2.80. The molecule has 0 aliphatic carbocycles. The van der Waals surface area contributed by atoms with Gasteiger partial charge in [0.25, 0.3) is 5.56 Å². The lowest BCUT2D eigenvalue weighted by Gasteiger charge is -2.36. The van der Waals surface area contributed by atoms with Crippen molar-refractivity contribution in [2.45, 2.75) is 62.5 Å². The van der Waals surface area contributed by atoms with Gasteiger partial charge in [0, 0.05) is 12.6 Å². The van der Waals surface area contributed by atoms with E-state index in [0.717, 1.165) is 37.1 Å². The molecule has 4 rings (SSSR count). The SMILES string of the molecule is CCC1CCCCN1C(=O)C(C)Sc1nc2ccccc2c(=O)n1Cc1ccc(OC)cc1. The van der Waals surface area contributed by atoms with Gasteiger partial charge in [-0.3, -0.25) is 14.2 Å². The highest BCUT2D eigenvalue weighted by Crippen LogP contribution is 2.28. The third-order valence-corrected chi connectivity index (χ3v) is 7.42. The molecule has 1 saturated heterocycles. The van der Waals surface area contributed by atoms with Crippen molar-refractivity contribution in [3.63, 3.8) is 0 Å². The van der Waals surface area contributed by atoms with Crippen LogP contribution >= 0.6 is 11.8 Å². The van der Waals surface area contributed by atoms with Gasteiger partial charge < -0.3 is 9.64 Å². The number of carbonyl (C=O) groups excluding carboxylic acids is 1. The van der Waals surface area contributed by atoms with Crippen molar-refractivity contribution in [1.29, 1.82) is 0 Å². The van der Waals surface area contributed by atoms with Crippen LogP contribution in [-0.4, -0.2) is 45.3 Å². The lowest BCUT2D eigenvalue weighted by atomic mass is 10.00. The minimum absolute atomic E-state index is 0.0945. The van der Waals surface area contributed by atoms with Crippen LogP contribution in [-0.2, 0) is 11.3 Å². The Morgan fingerprint density at radius 1 is 1.18 bits per heavy atom. The summed E-state index contributed by atoms with van der Waals surface area (Å²) in [5.74, 6) is 0.897. The molecule has 0 radical (unpaired) electrons. The Bertz CT molecular complexity index is 1180. The summed E-state index contributed by atoms with van der Waals surface area (Å²) in [7, 11) is 1.63. The van der Waals surface area contributed by atoms with Gasteiger partial charge in [0.1, 0.15) is 5.75 Å². The zero-order valence-electron chi connectivity index (χ0n) is 19.5. The normalized spacial score (nSPS) is 17.2. The molecule has 0 bridgehead atoms. The van der Waals surface area contributed by atoms with E-state index in [1.54, 1.807) is 17.7 Å². The molecule has 0 N–H and O–H groups in total. The molecule has 2 aromatic carbocycles. The maximum Gasteiger partial charge on any atom is 0.262 e. The van der Waals surface area contributed by atoms with Gasteiger partial charge in [-0.15, -0.1) is 0 Å². The summed E-state index contributed by atoms with van der Waals surface area (Å²) in [6, 6.07) is 15.4. The van der Waals surface area contributed by atoms with Gasteiger partial charge in [-0.2, -0.15) is 0 Å². The number of methoxy groups -OCH3 is 1. The molecule has 6 nitrogen and oxygen atoms in total. The number of aromatic nitrogens is 2. The van der Waals surface area contributed by atoms with Crippen LogP contribution in [0.15, 0.2) is 58.5 Å². The van der Waals surface area contributed by atoms with Crippen molar-refractivity contribution >= 4 is 28.6 Å². The molecule has 2 atom stereocenters. The molecule has 1 aliphatic rings. The fourth-order valence-corrected chi connectivity index (χ4v) is 5.43.